The number of aryl methyl sites for hydroxylation is 1. The highest BCUT2D eigenvalue weighted by Gasteiger charge is 2.32. The molecule has 3 rings (SSSR count). The summed E-state index contributed by atoms with van der Waals surface area (Å²) < 4.78 is 11.6. The molecular formula is C20H30N2O3. The van der Waals surface area contributed by atoms with Crippen molar-refractivity contribution in [3.05, 3.63) is 29.3 Å². The first-order valence-corrected chi connectivity index (χ1v) is 9.41. The van der Waals surface area contributed by atoms with E-state index in [4.69, 9.17) is 15.2 Å². The van der Waals surface area contributed by atoms with Crippen molar-refractivity contribution < 1.29 is 14.3 Å². The molecule has 0 bridgehead atoms. The van der Waals surface area contributed by atoms with Crippen LogP contribution in [0.25, 0.3) is 0 Å². The van der Waals surface area contributed by atoms with Crippen LogP contribution in [-0.2, 0) is 9.53 Å². The Morgan fingerprint density at radius 2 is 1.88 bits per heavy atom. The van der Waals surface area contributed by atoms with Crippen LogP contribution in [0, 0.1) is 19.8 Å². The Hall–Kier alpha value is -1.59. The lowest BCUT2D eigenvalue weighted by atomic mass is 9.91. The number of hydrogen-bond acceptors (Lipinski definition) is 4. The topological polar surface area (TPSA) is 64.8 Å². The maximum atomic E-state index is 12.7. The van der Waals surface area contributed by atoms with Crippen LogP contribution in [0.5, 0.6) is 5.75 Å². The van der Waals surface area contributed by atoms with Gasteiger partial charge in [0.15, 0.2) is 0 Å². The second-order valence-corrected chi connectivity index (χ2v) is 7.32. The summed E-state index contributed by atoms with van der Waals surface area (Å²) in [6.07, 6.45) is 3.67. The Morgan fingerprint density at radius 3 is 2.56 bits per heavy atom. The number of piperidine rings is 1. The number of benzene rings is 1. The van der Waals surface area contributed by atoms with Crippen molar-refractivity contribution >= 4 is 5.91 Å². The SMILES string of the molecule is Cc1cccc(OC2CCN(C(=O)C(N)C3CCOCC3)CC2)c1C. The van der Waals surface area contributed by atoms with E-state index in [1.165, 1.54) is 11.1 Å². The van der Waals surface area contributed by atoms with Crippen LogP contribution in [0.2, 0.25) is 0 Å². The monoisotopic (exact) mass is 346 g/mol. The summed E-state index contributed by atoms with van der Waals surface area (Å²) in [6, 6.07) is 5.77. The number of carbonyl (C=O) groups excluding carboxylic acids is 1. The van der Waals surface area contributed by atoms with Crippen LogP contribution in [0.4, 0.5) is 0 Å². The van der Waals surface area contributed by atoms with Crippen molar-refractivity contribution in [1.82, 2.24) is 4.90 Å². The van der Waals surface area contributed by atoms with Crippen LogP contribution in [0.1, 0.15) is 36.8 Å². The fourth-order valence-electron chi connectivity index (χ4n) is 3.71. The smallest absolute Gasteiger partial charge is 0.239 e. The number of nitrogens with two attached hydrogens (primary N) is 1. The number of rotatable bonds is 4. The summed E-state index contributed by atoms with van der Waals surface area (Å²) >= 11 is 0. The molecule has 2 saturated heterocycles. The molecule has 5 heteroatoms. The molecule has 2 aliphatic heterocycles. The molecule has 2 fully saturated rings. The Labute approximate surface area is 150 Å². The third-order valence-electron chi connectivity index (χ3n) is 5.66. The summed E-state index contributed by atoms with van der Waals surface area (Å²) in [7, 11) is 0. The highest BCUT2D eigenvalue weighted by Crippen LogP contribution is 2.26. The molecule has 2 N–H and O–H groups in total. The molecule has 5 nitrogen and oxygen atoms in total. The van der Waals surface area contributed by atoms with Gasteiger partial charge < -0.3 is 20.1 Å². The zero-order chi connectivity index (χ0) is 17.8. The maximum absolute atomic E-state index is 12.7. The number of hydrogen-bond donors (Lipinski definition) is 1. The highest BCUT2D eigenvalue weighted by atomic mass is 16.5. The van der Waals surface area contributed by atoms with Gasteiger partial charge in [0.25, 0.3) is 0 Å². The first-order chi connectivity index (χ1) is 12.1. The van der Waals surface area contributed by atoms with Gasteiger partial charge in [-0.25, -0.2) is 0 Å². The second kappa shape index (κ2) is 8.19. The first-order valence-electron chi connectivity index (χ1n) is 9.41. The maximum Gasteiger partial charge on any atom is 0.239 e. The summed E-state index contributed by atoms with van der Waals surface area (Å²) in [5.41, 5.74) is 8.68. The van der Waals surface area contributed by atoms with E-state index in [0.29, 0.717) is 0 Å². The lowest BCUT2D eigenvalue weighted by molar-refractivity contribution is -0.136. The zero-order valence-corrected chi connectivity index (χ0v) is 15.4. The molecule has 1 aromatic rings. The molecule has 1 unspecified atom stereocenters. The van der Waals surface area contributed by atoms with Gasteiger partial charge in [0.05, 0.1) is 6.04 Å². The van der Waals surface area contributed by atoms with Gasteiger partial charge in [-0.2, -0.15) is 0 Å². The lowest BCUT2D eigenvalue weighted by Crippen LogP contribution is -2.52. The predicted octanol–water partition coefficient (Wildman–Crippen LogP) is 2.43. The normalized spacial score (nSPS) is 21.2. The van der Waals surface area contributed by atoms with E-state index in [1.54, 1.807) is 0 Å². The second-order valence-electron chi connectivity index (χ2n) is 7.32. The van der Waals surface area contributed by atoms with Gasteiger partial charge in [0, 0.05) is 39.1 Å². The zero-order valence-electron chi connectivity index (χ0n) is 15.4. The molecule has 0 radical (unpaired) electrons. The van der Waals surface area contributed by atoms with Crippen molar-refractivity contribution in [1.29, 1.82) is 0 Å². The van der Waals surface area contributed by atoms with Crippen LogP contribution < -0.4 is 10.5 Å². The Bertz CT molecular complexity index is 591. The third kappa shape index (κ3) is 4.33. The van der Waals surface area contributed by atoms with Crippen molar-refractivity contribution in [3.63, 3.8) is 0 Å². The Kier molecular flexibility index (Phi) is 5.97. The van der Waals surface area contributed by atoms with Crippen LogP contribution in [0.15, 0.2) is 18.2 Å². The van der Waals surface area contributed by atoms with E-state index in [2.05, 4.69) is 19.9 Å². The van der Waals surface area contributed by atoms with Crippen molar-refractivity contribution in [3.8, 4) is 5.75 Å². The van der Waals surface area contributed by atoms with Crippen LogP contribution >= 0.6 is 0 Å². The first kappa shape index (κ1) is 18.2. The molecular weight excluding hydrogens is 316 g/mol. The molecule has 0 aromatic heterocycles. The average molecular weight is 346 g/mol. The van der Waals surface area contributed by atoms with Gasteiger partial charge in [-0.1, -0.05) is 12.1 Å². The number of nitrogens with zero attached hydrogens (tertiary/aromatic N) is 1. The van der Waals surface area contributed by atoms with Gasteiger partial charge in [0.1, 0.15) is 11.9 Å². The average Bonchev–Trinajstić information content (AvgIpc) is 2.65. The van der Waals surface area contributed by atoms with Gasteiger partial charge >= 0.3 is 0 Å². The van der Waals surface area contributed by atoms with E-state index in [-0.39, 0.29) is 24.0 Å². The van der Waals surface area contributed by atoms with Crippen molar-refractivity contribution in [2.75, 3.05) is 26.3 Å². The van der Waals surface area contributed by atoms with Crippen LogP contribution in [-0.4, -0.2) is 49.3 Å². The summed E-state index contributed by atoms with van der Waals surface area (Å²) in [5, 5.41) is 0. The van der Waals surface area contributed by atoms with E-state index >= 15 is 0 Å². The molecule has 1 aromatic carbocycles. The number of likely N-dealkylation sites (tertiary alicyclic amines) is 1. The fourth-order valence-corrected chi connectivity index (χ4v) is 3.71. The fraction of sp³-hybridized carbons (Fsp3) is 0.650. The Balaban J connectivity index is 1.51. The molecule has 2 heterocycles. The minimum Gasteiger partial charge on any atom is -0.490 e. The van der Waals surface area contributed by atoms with Gasteiger partial charge in [-0.3, -0.25) is 4.79 Å². The largest absolute Gasteiger partial charge is 0.490 e. The summed E-state index contributed by atoms with van der Waals surface area (Å²) in [5.74, 6) is 1.31. The number of ether oxygens (including phenoxy) is 2. The van der Waals surface area contributed by atoms with Crippen molar-refractivity contribution in [2.24, 2.45) is 11.7 Å². The lowest BCUT2D eigenvalue weighted by Gasteiger charge is -2.36. The van der Waals surface area contributed by atoms with Gasteiger partial charge in [-0.05, 0) is 49.8 Å². The van der Waals surface area contributed by atoms with E-state index < -0.39 is 0 Å². The standard InChI is InChI=1S/C20H30N2O3/c1-14-4-3-5-18(15(14)2)25-17-6-10-22(11-7-17)20(23)19(21)16-8-12-24-13-9-16/h3-5,16-17,19H,6-13,21H2,1-2H3. The molecule has 0 aliphatic carbocycles. The Morgan fingerprint density at radius 1 is 1.20 bits per heavy atom. The van der Waals surface area contributed by atoms with Crippen molar-refractivity contribution in [2.45, 2.75) is 51.7 Å². The molecule has 25 heavy (non-hydrogen) atoms. The predicted molar refractivity (Wildman–Crippen MR) is 97.7 cm³/mol. The summed E-state index contributed by atoms with van der Waals surface area (Å²) in [6.45, 7) is 7.09. The molecule has 2 aliphatic rings. The molecule has 0 spiro atoms. The minimum absolute atomic E-state index is 0.0945. The number of amides is 1. The highest BCUT2D eigenvalue weighted by molar-refractivity contribution is 5.82. The molecule has 0 saturated carbocycles. The quantitative estimate of drug-likeness (QED) is 0.909. The number of carbonyl (C=O) groups is 1. The molecule has 1 atom stereocenters. The van der Waals surface area contributed by atoms with E-state index in [9.17, 15) is 4.79 Å². The van der Waals surface area contributed by atoms with Gasteiger partial charge in [0.2, 0.25) is 5.91 Å². The third-order valence-corrected chi connectivity index (χ3v) is 5.66. The van der Waals surface area contributed by atoms with E-state index in [1.807, 2.05) is 17.0 Å². The van der Waals surface area contributed by atoms with Crippen LogP contribution in [0.3, 0.4) is 0 Å². The summed E-state index contributed by atoms with van der Waals surface area (Å²) in [4.78, 5) is 14.6. The molecule has 138 valence electrons. The minimum atomic E-state index is -0.389. The van der Waals surface area contributed by atoms with Gasteiger partial charge in [-0.15, -0.1) is 0 Å². The van der Waals surface area contributed by atoms with E-state index in [0.717, 1.165) is 57.7 Å². The molecule has 1 amide bonds.